The molecule has 4 nitrogen and oxygen atoms in total. The minimum absolute atomic E-state index is 0.112. The highest BCUT2D eigenvalue weighted by molar-refractivity contribution is 6.07. The number of carbonyl (C=O) groups excluding carboxylic acids is 1. The molecule has 1 aromatic carbocycles. The number of carbonyl (C=O) groups is 1. The van der Waals surface area contributed by atoms with Crippen molar-refractivity contribution < 1.29 is 9.18 Å². The molecule has 0 bridgehead atoms. The Hall–Kier alpha value is -1.72. The Balaban J connectivity index is 1.69. The third-order valence-electron chi connectivity index (χ3n) is 3.81. The molecule has 0 atom stereocenters. The van der Waals surface area contributed by atoms with Crippen LogP contribution in [0.25, 0.3) is 10.9 Å². The molecule has 1 aliphatic heterocycles. The van der Waals surface area contributed by atoms with Gasteiger partial charge in [0.2, 0.25) is 0 Å². The first-order chi connectivity index (χ1) is 9.74. The molecule has 1 saturated heterocycles. The van der Waals surface area contributed by atoms with Crippen molar-refractivity contribution in [2.75, 3.05) is 32.7 Å². The van der Waals surface area contributed by atoms with Gasteiger partial charge in [-0.1, -0.05) is 0 Å². The normalized spacial score (nSPS) is 16.6. The first kappa shape index (κ1) is 13.3. The molecule has 0 aliphatic carbocycles. The summed E-state index contributed by atoms with van der Waals surface area (Å²) in [4.78, 5) is 17.5. The Kier molecular flexibility index (Phi) is 3.80. The molecule has 2 aromatic rings. The molecular weight excluding hydrogens is 257 g/mol. The van der Waals surface area contributed by atoms with E-state index < -0.39 is 0 Å². The van der Waals surface area contributed by atoms with E-state index in [9.17, 15) is 9.18 Å². The van der Waals surface area contributed by atoms with Gasteiger partial charge in [-0.25, -0.2) is 4.39 Å². The highest BCUT2D eigenvalue weighted by atomic mass is 19.1. The molecule has 106 valence electrons. The van der Waals surface area contributed by atoms with E-state index in [1.54, 1.807) is 12.3 Å². The first-order valence-electron chi connectivity index (χ1n) is 6.97. The van der Waals surface area contributed by atoms with Crippen molar-refractivity contribution in [1.29, 1.82) is 0 Å². The van der Waals surface area contributed by atoms with Crippen molar-refractivity contribution >= 4 is 16.7 Å². The van der Waals surface area contributed by atoms with Crippen LogP contribution < -0.4 is 5.32 Å². The van der Waals surface area contributed by atoms with Crippen LogP contribution in [0.3, 0.4) is 0 Å². The summed E-state index contributed by atoms with van der Waals surface area (Å²) in [6.07, 6.45) is 2.19. The third-order valence-corrected chi connectivity index (χ3v) is 3.81. The predicted molar refractivity (Wildman–Crippen MR) is 76.5 cm³/mol. The van der Waals surface area contributed by atoms with Gasteiger partial charge in [0.25, 0.3) is 0 Å². The SMILES string of the molecule is O=C(CCN1CCNCC1)c1c[nH]c2cc(F)ccc12. The Morgan fingerprint density at radius 3 is 2.90 bits per heavy atom. The lowest BCUT2D eigenvalue weighted by Crippen LogP contribution is -2.44. The van der Waals surface area contributed by atoms with Gasteiger partial charge in [-0.2, -0.15) is 0 Å². The molecule has 1 aliphatic rings. The fourth-order valence-corrected chi connectivity index (χ4v) is 2.66. The maximum absolute atomic E-state index is 13.1. The lowest BCUT2D eigenvalue weighted by molar-refractivity contribution is 0.0962. The van der Waals surface area contributed by atoms with Gasteiger partial charge in [0.05, 0.1) is 0 Å². The van der Waals surface area contributed by atoms with Gasteiger partial charge in [-0.3, -0.25) is 4.79 Å². The molecule has 0 spiro atoms. The summed E-state index contributed by atoms with van der Waals surface area (Å²) in [6, 6.07) is 4.48. The molecule has 2 N–H and O–H groups in total. The summed E-state index contributed by atoms with van der Waals surface area (Å²) < 4.78 is 13.1. The van der Waals surface area contributed by atoms with Crippen LogP contribution in [0.15, 0.2) is 24.4 Å². The summed E-state index contributed by atoms with van der Waals surface area (Å²) in [5, 5.41) is 4.09. The van der Waals surface area contributed by atoms with E-state index in [0.29, 0.717) is 17.5 Å². The van der Waals surface area contributed by atoms with E-state index >= 15 is 0 Å². The smallest absolute Gasteiger partial charge is 0.166 e. The second kappa shape index (κ2) is 5.73. The number of H-pyrrole nitrogens is 1. The molecule has 5 heteroatoms. The molecule has 0 amide bonds. The minimum atomic E-state index is -0.292. The van der Waals surface area contributed by atoms with E-state index in [2.05, 4.69) is 15.2 Å². The van der Waals surface area contributed by atoms with Gasteiger partial charge < -0.3 is 15.2 Å². The van der Waals surface area contributed by atoms with Crippen LogP contribution in [0.5, 0.6) is 0 Å². The second-order valence-electron chi connectivity index (χ2n) is 5.16. The number of nitrogens with zero attached hydrogens (tertiary/aromatic N) is 1. The van der Waals surface area contributed by atoms with E-state index in [0.717, 1.165) is 38.1 Å². The second-order valence-corrected chi connectivity index (χ2v) is 5.16. The van der Waals surface area contributed by atoms with Crippen LogP contribution in [-0.4, -0.2) is 48.4 Å². The number of piperazine rings is 1. The Bertz CT molecular complexity index is 617. The molecule has 1 fully saturated rings. The van der Waals surface area contributed by atoms with E-state index in [1.807, 2.05) is 0 Å². The van der Waals surface area contributed by atoms with Crippen molar-refractivity contribution in [3.8, 4) is 0 Å². The average Bonchev–Trinajstić information content (AvgIpc) is 2.89. The molecule has 0 unspecified atom stereocenters. The lowest BCUT2D eigenvalue weighted by atomic mass is 10.1. The topological polar surface area (TPSA) is 48.1 Å². The maximum Gasteiger partial charge on any atom is 0.166 e. The van der Waals surface area contributed by atoms with E-state index in [4.69, 9.17) is 0 Å². The maximum atomic E-state index is 13.1. The van der Waals surface area contributed by atoms with Gasteiger partial charge in [0.1, 0.15) is 5.82 Å². The van der Waals surface area contributed by atoms with Crippen molar-refractivity contribution in [3.63, 3.8) is 0 Å². The van der Waals surface area contributed by atoms with Gasteiger partial charge >= 0.3 is 0 Å². The van der Waals surface area contributed by atoms with Crippen LogP contribution in [0.4, 0.5) is 4.39 Å². The van der Waals surface area contributed by atoms with Crippen LogP contribution in [0, 0.1) is 5.82 Å². The standard InChI is InChI=1S/C15H18FN3O/c16-11-1-2-12-13(10-18-14(12)9-11)15(20)3-6-19-7-4-17-5-8-19/h1-2,9-10,17-18H,3-8H2. The number of benzene rings is 1. The van der Waals surface area contributed by atoms with Crippen molar-refractivity contribution in [1.82, 2.24) is 15.2 Å². The summed E-state index contributed by atoms with van der Waals surface area (Å²) in [5.41, 5.74) is 1.34. The van der Waals surface area contributed by atoms with E-state index in [-0.39, 0.29) is 11.6 Å². The number of hydrogen-bond donors (Lipinski definition) is 2. The fraction of sp³-hybridized carbons (Fsp3) is 0.400. The van der Waals surface area contributed by atoms with Crippen molar-refractivity contribution in [2.45, 2.75) is 6.42 Å². The zero-order valence-electron chi connectivity index (χ0n) is 11.3. The highest BCUT2D eigenvalue weighted by Crippen LogP contribution is 2.20. The van der Waals surface area contributed by atoms with Crippen molar-refractivity contribution in [3.05, 3.63) is 35.8 Å². The molecule has 0 radical (unpaired) electrons. The van der Waals surface area contributed by atoms with Gasteiger partial charge in [0, 0.05) is 61.8 Å². The summed E-state index contributed by atoms with van der Waals surface area (Å²) in [6.45, 7) is 4.74. The average molecular weight is 275 g/mol. The Morgan fingerprint density at radius 1 is 1.30 bits per heavy atom. The number of aromatic amines is 1. The number of fused-ring (bicyclic) bond motifs is 1. The van der Waals surface area contributed by atoms with Crippen LogP contribution in [-0.2, 0) is 0 Å². The molecule has 0 saturated carbocycles. The molecular formula is C15H18FN3O. The number of Topliss-reactive ketones (excluding diaryl/α,β-unsaturated/α-hetero) is 1. The Morgan fingerprint density at radius 2 is 2.10 bits per heavy atom. The minimum Gasteiger partial charge on any atom is -0.360 e. The summed E-state index contributed by atoms with van der Waals surface area (Å²) in [5.74, 6) is -0.180. The molecule has 2 heterocycles. The Labute approximate surface area is 117 Å². The molecule has 3 rings (SSSR count). The summed E-state index contributed by atoms with van der Waals surface area (Å²) in [7, 11) is 0. The van der Waals surface area contributed by atoms with Crippen LogP contribution >= 0.6 is 0 Å². The zero-order chi connectivity index (χ0) is 13.9. The fourth-order valence-electron chi connectivity index (χ4n) is 2.66. The van der Waals surface area contributed by atoms with Gasteiger partial charge in [-0.15, -0.1) is 0 Å². The predicted octanol–water partition coefficient (Wildman–Crippen LogP) is 1.79. The van der Waals surface area contributed by atoms with Gasteiger partial charge in [0.15, 0.2) is 5.78 Å². The quantitative estimate of drug-likeness (QED) is 0.836. The first-order valence-corrected chi connectivity index (χ1v) is 6.97. The number of rotatable bonds is 4. The van der Waals surface area contributed by atoms with E-state index in [1.165, 1.54) is 12.1 Å². The lowest BCUT2D eigenvalue weighted by Gasteiger charge is -2.26. The largest absolute Gasteiger partial charge is 0.360 e. The van der Waals surface area contributed by atoms with Crippen LogP contribution in [0.1, 0.15) is 16.8 Å². The number of aromatic nitrogens is 1. The number of hydrogen-bond acceptors (Lipinski definition) is 3. The highest BCUT2D eigenvalue weighted by Gasteiger charge is 2.15. The molecule has 1 aromatic heterocycles. The van der Waals surface area contributed by atoms with Crippen LogP contribution in [0.2, 0.25) is 0 Å². The summed E-state index contributed by atoms with van der Waals surface area (Å²) >= 11 is 0. The third kappa shape index (κ3) is 2.73. The monoisotopic (exact) mass is 275 g/mol. The number of nitrogens with one attached hydrogen (secondary N) is 2. The molecule has 20 heavy (non-hydrogen) atoms. The van der Waals surface area contributed by atoms with Gasteiger partial charge in [-0.05, 0) is 18.2 Å². The zero-order valence-corrected chi connectivity index (χ0v) is 11.3. The number of halogens is 1. The number of ketones is 1. The van der Waals surface area contributed by atoms with Crippen molar-refractivity contribution in [2.24, 2.45) is 0 Å².